The van der Waals surface area contributed by atoms with E-state index in [1.165, 1.54) is 37.9 Å². The fourth-order valence-corrected chi connectivity index (χ4v) is 3.54. The lowest BCUT2D eigenvalue weighted by atomic mass is 10.0. The number of hydrogen-bond acceptors (Lipinski definition) is 4. The third-order valence-corrected chi connectivity index (χ3v) is 5.43. The zero-order valence-corrected chi connectivity index (χ0v) is 19.5. The molecule has 1 atom stereocenters. The zero-order valence-electron chi connectivity index (χ0n) is 19.5. The fourth-order valence-electron chi connectivity index (χ4n) is 3.54. The summed E-state index contributed by atoms with van der Waals surface area (Å²) in [5, 5.41) is 2.78. The highest BCUT2D eigenvalue weighted by Crippen LogP contribution is 2.15. The molecule has 0 aliphatic carbocycles. The third kappa shape index (κ3) is 7.98. The second-order valence-electron chi connectivity index (χ2n) is 9.60. The van der Waals surface area contributed by atoms with Crippen molar-refractivity contribution in [3.63, 3.8) is 0 Å². The van der Waals surface area contributed by atoms with E-state index in [-0.39, 0.29) is 11.9 Å². The molecule has 6 heteroatoms. The highest BCUT2D eigenvalue weighted by Gasteiger charge is 2.28. The second-order valence-corrected chi connectivity index (χ2v) is 9.60. The van der Waals surface area contributed by atoms with Crippen molar-refractivity contribution in [3.8, 4) is 0 Å². The fraction of sp³-hybridized carbons (Fsp3) is 0.667. The number of rotatable bonds is 7. The maximum atomic E-state index is 13.0. The minimum absolute atomic E-state index is 0.0485. The molecule has 30 heavy (non-hydrogen) atoms. The molecule has 2 rings (SSSR count). The first-order valence-electron chi connectivity index (χ1n) is 11.1. The summed E-state index contributed by atoms with van der Waals surface area (Å²) in [6, 6.07) is 7.76. The SMILES string of the molecule is CC(C)N(C)C(=O)C(Cc1ccc(CN2CCCCC2)cc1)NC(=O)OC(C)(C)C. The van der Waals surface area contributed by atoms with Crippen LogP contribution in [-0.2, 0) is 22.5 Å². The van der Waals surface area contributed by atoms with Gasteiger partial charge < -0.3 is 15.0 Å². The number of likely N-dealkylation sites (tertiary alicyclic amines) is 1. The monoisotopic (exact) mass is 417 g/mol. The number of carbonyl (C=O) groups excluding carboxylic acids is 2. The molecule has 1 unspecified atom stereocenters. The molecule has 1 aliphatic rings. The molecule has 1 fully saturated rings. The van der Waals surface area contributed by atoms with Gasteiger partial charge in [-0.1, -0.05) is 30.7 Å². The normalized spacial score (nSPS) is 16.2. The maximum Gasteiger partial charge on any atom is 0.408 e. The molecule has 168 valence electrons. The van der Waals surface area contributed by atoms with Crippen LogP contribution in [0.5, 0.6) is 0 Å². The number of likely N-dealkylation sites (N-methyl/N-ethyl adjacent to an activating group) is 1. The van der Waals surface area contributed by atoms with Gasteiger partial charge in [-0.2, -0.15) is 0 Å². The van der Waals surface area contributed by atoms with Crippen LogP contribution in [0.25, 0.3) is 0 Å². The van der Waals surface area contributed by atoms with E-state index < -0.39 is 17.7 Å². The van der Waals surface area contributed by atoms with E-state index in [9.17, 15) is 9.59 Å². The van der Waals surface area contributed by atoms with Crippen molar-refractivity contribution in [1.29, 1.82) is 0 Å². The van der Waals surface area contributed by atoms with E-state index in [1.807, 2.05) is 34.6 Å². The van der Waals surface area contributed by atoms with Crippen LogP contribution in [0.15, 0.2) is 24.3 Å². The largest absolute Gasteiger partial charge is 0.444 e. The minimum Gasteiger partial charge on any atom is -0.444 e. The molecule has 6 nitrogen and oxygen atoms in total. The van der Waals surface area contributed by atoms with Crippen molar-refractivity contribution < 1.29 is 14.3 Å². The van der Waals surface area contributed by atoms with Crippen molar-refractivity contribution in [2.24, 2.45) is 0 Å². The van der Waals surface area contributed by atoms with Gasteiger partial charge in [-0.15, -0.1) is 0 Å². The van der Waals surface area contributed by atoms with Crippen molar-refractivity contribution in [2.75, 3.05) is 20.1 Å². The standard InChI is InChI=1S/C24H39N3O3/c1-18(2)26(6)22(28)21(25-23(29)30-24(3,4)5)16-19-10-12-20(13-11-19)17-27-14-8-7-9-15-27/h10-13,18,21H,7-9,14-17H2,1-6H3,(H,25,29). The van der Waals surface area contributed by atoms with E-state index in [2.05, 4.69) is 34.5 Å². The first-order valence-corrected chi connectivity index (χ1v) is 11.1. The molecule has 0 aromatic heterocycles. The molecule has 2 amide bonds. The number of hydrogen-bond donors (Lipinski definition) is 1. The first kappa shape index (κ1) is 24.2. The molecule has 1 aliphatic heterocycles. The predicted molar refractivity (Wildman–Crippen MR) is 120 cm³/mol. The second kappa shape index (κ2) is 10.8. The zero-order chi connectivity index (χ0) is 22.3. The minimum atomic E-state index is -0.666. The topological polar surface area (TPSA) is 61.9 Å². The van der Waals surface area contributed by atoms with Crippen LogP contribution in [0.4, 0.5) is 4.79 Å². The van der Waals surface area contributed by atoms with Crippen LogP contribution in [0, 0.1) is 0 Å². The lowest BCUT2D eigenvalue weighted by molar-refractivity contribution is -0.133. The Balaban J connectivity index is 2.06. The lowest BCUT2D eigenvalue weighted by Crippen LogP contribution is -2.51. The number of ether oxygens (including phenoxy) is 1. The summed E-state index contributed by atoms with van der Waals surface area (Å²) in [7, 11) is 1.76. The molecular weight excluding hydrogens is 378 g/mol. The molecule has 1 saturated heterocycles. The number of nitrogens with zero attached hydrogens (tertiary/aromatic N) is 2. The smallest absolute Gasteiger partial charge is 0.408 e. The molecule has 0 spiro atoms. The molecule has 1 aromatic carbocycles. The molecular formula is C24H39N3O3. The Labute approximate surface area is 182 Å². The van der Waals surface area contributed by atoms with E-state index in [1.54, 1.807) is 11.9 Å². The Morgan fingerprint density at radius 3 is 2.17 bits per heavy atom. The van der Waals surface area contributed by atoms with Crippen LogP contribution < -0.4 is 5.32 Å². The van der Waals surface area contributed by atoms with Gasteiger partial charge in [0.25, 0.3) is 0 Å². The summed E-state index contributed by atoms with van der Waals surface area (Å²) in [4.78, 5) is 29.4. The molecule has 1 heterocycles. The van der Waals surface area contributed by atoms with Crippen molar-refractivity contribution in [1.82, 2.24) is 15.1 Å². The van der Waals surface area contributed by atoms with E-state index in [0.29, 0.717) is 6.42 Å². The van der Waals surface area contributed by atoms with Gasteiger partial charge in [0.2, 0.25) is 5.91 Å². The van der Waals surface area contributed by atoms with Gasteiger partial charge in [0.1, 0.15) is 11.6 Å². The average molecular weight is 418 g/mol. The van der Waals surface area contributed by atoms with Gasteiger partial charge in [-0.3, -0.25) is 9.69 Å². The molecule has 0 saturated carbocycles. The summed E-state index contributed by atoms with van der Waals surface area (Å²) in [6.07, 6.45) is 3.75. The highest BCUT2D eigenvalue weighted by molar-refractivity contribution is 5.86. The van der Waals surface area contributed by atoms with Crippen molar-refractivity contribution in [3.05, 3.63) is 35.4 Å². The number of carbonyl (C=O) groups is 2. The van der Waals surface area contributed by atoms with Crippen LogP contribution in [0.1, 0.15) is 65.0 Å². The summed E-state index contributed by atoms with van der Waals surface area (Å²) in [6.45, 7) is 12.6. The lowest BCUT2D eigenvalue weighted by Gasteiger charge is -2.29. The van der Waals surface area contributed by atoms with Crippen molar-refractivity contribution >= 4 is 12.0 Å². The predicted octanol–water partition coefficient (Wildman–Crippen LogP) is 3.98. The van der Waals surface area contributed by atoms with Crippen LogP contribution in [0.2, 0.25) is 0 Å². The quantitative estimate of drug-likeness (QED) is 0.729. The summed E-state index contributed by atoms with van der Waals surface area (Å²) < 4.78 is 5.37. The van der Waals surface area contributed by atoms with E-state index in [4.69, 9.17) is 4.74 Å². The number of piperidine rings is 1. The average Bonchev–Trinajstić information content (AvgIpc) is 2.67. The summed E-state index contributed by atoms with van der Waals surface area (Å²) >= 11 is 0. The van der Waals surface area contributed by atoms with Gasteiger partial charge in [-0.25, -0.2) is 4.79 Å². The van der Waals surface area contributed by atoms with Gasteiger partial charge in [-0.05, 0) is 71.7 Å². The summed E-state index contributed by atoms with van der Waals surface area (Å²) in [5.74, 6) is -0.117. The number of alkyl carbamates (subject to hydrolysis) is 1. The van der Waals surface area contributed by atoms with Crippen LogP contribution >= 0.6 is 0 Å². The van der Waals surface area contributed by atoms with Gasteiger partial charge >= 0.3 is 6.09 Å². The third-order valence-electron chi connectivity index (χ3n) is 5.43. The molecule has 0 bridgehead atoms. The van der Waals surface area contributed by atoms with E-state index >= 15 is 0 Å². The first-order chi connectivity index (χ1) is 14.0. The Hall–Kier alpha value is -2.08. The van der Waals surface area contributed by atoms with Gasteiger partial charge in [0, 0.05) is 26.1 Å². The molecule has 0 radical (unpaired) electrons. The Morgan fingerprint density at radius 2 is 1.63 bits per heavy atom. The molecule has 1 N–H and O–H groups in total. The van der Waals surface area contributed by atoms with Crippen molar-refractivity contribution in [2.45, 2.75) is 84.5 Å². The summed E-state index contributed by atoms with van der Waals surface area (Å²) in [5.41, 5.74) is 1.68. The number of nitrogens with one attached hydrogen (secondary N) is 1. The maximum absolute atomic E-state index is 13.0. The van der Waals surface area contributed by atoms with E-state index in [0.717, 1.165) is 12.1 Å². The Morgan fingerprint density at radius 1 is 1.07 bits per heavy atom. The Kier molecular flexibility index (Phi) is 8.71. The van der Waals surface area contributed by atoms with Gasteiger partial charge in [0.15, 0.2) is 0 Å². The van der Waals surface area contributed by atoms with Crippen LogP contribution in [0.3, 0.4) is 0 Å². The van der Waals surface area contributed by atoms with Gasteiger partial charge in [0.05, 0.1) is 0 Å². The van der Waals surface area contributed by atoms with Crippen LogP contribution in [-0.4, -0.2) is 59.6 Å². The number of amides is 2. The number of benzene rings is 1. The molecule has 1 aromatic rings. The highest BCUT2D eigenvalue weighted by atomic mass is 16.6. The Bertz CT molecular complexity index is 689.